The van der Waals surface area contributed by atoms with E-state index in [9.17, 15) is 4.79 Å². The van der Waals surface area contributed by atoms with Crippen LogP contribution in [0, 0.1) is 0 Å². The zero-order valence-corrected chi connectivity index (χ0v) is 13.3. The summed E-state index contributed by atoms with van der Waals surface area (Å²) in [5.41, 5.74) is 1.13. The second kappa shape index (κ2) is 9.31. The standard InChI is InChI=1S/C15H26N4O2/c1-12(2)17-9-13-5-6-14(18-10-13)19(3)11-15(20)16-7-8-21-4/h5-6,10,12,17H,7-9,11H2,1-4H3,(H,16,20). The number of rotatable bonds is 9. The molecule has 6 nitrogen and oxygen atoms in total. The molecular weight excluding hydrogens is 268 g/mol. The molecule has 1 amide bonds. The summed E-state index contributed by atoms with van der Waals surface area (Å²) in [4.78, 5) is 17.9. The van der Waals surface area contributed by atoms with Gasteiger partial charge in [0.1, 0.15) is 5.82 Å². The van der Waals surface area contributed by atoms with Crippen LogP contribution in [-0.4, -0.2) is 50.8 Å². The third-order valence-electron chi connectivity index (χ3n) is 2.92. The molecule has 0 aliphatic rings. The number of hydrogen-bond donors (Lipinski definition) is 2. The molecule has 0 aromatic carbocycles. The van der Waals surface area contributed by atoms with Crippen LogP contribution < -0.4 is 15.5 Å². The fourth-order valence-electron chi connectivity index (χ4n) is 1.71. The molecule has 0 atom stereocenters. The highest BCUT2D eigenvalue weighted by Crippen LogP contribution is 2.09. The zero-order valence-electron chi connectivity index (χ0n) is 13.3. The number of carbonyl (C=O) groups excluding carboxylic acids is 1. The number of anilines is 1. The Labute approximate surface area is 126 Å². The molecule has 2 N–H and O–H groups in total. The van der Waals surface area contributed by atoms with E-state index >= 15 is 0 Å². The lowest BCUT2D eigenvalue weighted by atomic mass is 10.2. The number of methoxy groups -OCH3 is 1. The van der Waals surface area contributed by atoms with Crippen LogP contribution in [0.2, 0.25) is 0 Å². The molecular formula is C15H26N4O2. The van der Waals surface area contributed by atoms with Gasteiger partial charge in [0.25, 0.3) is 0 Å². The quantitative estimate of drug-likeness (QED) is 0.659. The summed E-state index contributed by atoms with van der Waals surface area (Å²) >= 11 is 0. The maximum Gasteiger partial charge on any atom is 0.239 e. The first-order valence-corrected chi connectivity index (χ1v) is 7.18. The van der Waals surface area contributed by atoms with Crippen LogP contribution in [0.3, 0.4) is 0 Å². The minimum atomic E-state index is -0.0399. The van der Waals surface area contributed by atoms with Crippen molar-refractivity contribution in [3.8, 4) is 0 Å². The normalized spacial score (nSPS) is 10.7. The van der Waals surface area contributed by atoms with Gasteiger partial charge in [0.05, 0.1) is 13.2 Å². The van der Waals surface area contributed by atoms with Gasteiger partial charge in [0.2, 0.25) is 5.91 Å². The second-order valence-corrected chi connectivity index (χ2v) is 5.26. The summed E-state index contributed by atoms with van der Waals surface area (Å²) in [5.74, 6) is 0.743. The van der Waals surface area contributed by atoms with Crippen LogP contribution in [0.5, 0.6) is 0 Å². The highest BCUT2D eigenvalue weighted by molar-refractivity contribution is 5.80. The molecule has 0 saturated carbocycles. The van der Waals surface area contributed by atoms with E-state index in [1.165, 1.54) is 0 Å². The molecule has 118 valence electrons. The van der Waals surface area contributed by atoms with Gasteiger partial charge in [0, 0.05) is 39.5 Å². The molecule has 0 spiro atoms. The number of pyridine rings is 1. The van der Waals surface area contributed by atoms with E-state index in [4.69, 9.17) is 4.74 Å². The van der Waals surface area contributed by atoms with Crippen LogP contribution in [0.15, 0.2) is 18.3 Å². The molecule has 6 heteroatoms. The molecule has 0 saturated heterocycles. The number of ether oxygens (including phenoxy) is 1. The lowest BCUT2D eigenvalue weighted by Gasteiger charge is -2.18. The molecule has 1 rings (SSSR count). The number of aromatic nitrogens is 1. The summed E-state index contributed by atoms with van der Waals surface area (Å²) in [6.07, 6.45) is 1.84. The third-order valence-corrected chi connectivity index (χ3v) is 2.92. The molecule has 0 radical (unpaired) electrons. The molecule has 0 aliphatic carbocycles. The first-order chi connectivity index (χ1) is 10.0. The number of nitrogens with zero attached hydrogens (tertiary/aromatic N) is 2. The average molecular weight is 294 g/mol. The molecule has 0 unspecified atom stereocenters. The van der Waals surface area contributed by atoms with Gasteiger partial charge in [-0.25, -0.2) is 4.98 Å². The second-order valence-electron chi connectivity index (χ2n) is 5.26. The lowest BCUT2D eigenvalue weighted by molar-refractivity contribution is -0.119. The predicted molar refractivity (Wildman–Crippen MR) is 84.4 cm³/mol. The summed E-state index contributed by atoms with van der Waals surface area (Å²) < 4.78 is 4.89. The largest absolute Gasteiger partial charge is 0.383 e. The number of nitrogens with one attached hydrogen (secondary N) is 2. The fraction of sp³-hybridized carbons (Fsp3) is 0.600. The van der Waals surface area contributed by atoms with Gasteiger partial charge in [-0.05, 0) is 11.6 Å². The average Bonchev–Trinajstić information content (AvgIpc) is 2.45. The number of likely N-dealkylation sites (N-methyl/N-ethyl adjacent to an activating group) is 1. The number of amides is 1. The number of carbonyl (C=O) groups is 1. The Morgan fingerprint density at radius 1 is 1.43 bits per heavy atom. The topological polar surface area (TPSA) is 66.5 Å². The van der Waals surface area contributed by atoms with Gasteiger partial charge in [-0.1, -0.05) is 19.9 Å². The first kappa shape index (κ1) is 17.4. The van der Waals surface area contributed by atoms with E-state index in [0.29, 0.717) is 19.2 Å². The monoisotopic (exact) mass is 294 g/mol. The zero-order chi connectivity index (χ0) is 15.7. The van der Waals surface area contributed by atoms with Gasteiger partial charge in [-0.3, -0.25) is 4.79 Å². The first-order valence-electron chi connectivity index (χ1n) is 7.18. The Kier molecular flexibility index (Phi) is 7.71. The SMILES string of the molecule is COCCNC(=O)CN(C)c1ccc(CNC(C)C)cn1. The van der Waals surface area contributed by atoms with E-state index in [-0.39, 0.29) is 12.5 Å². The molecule has 1 aromatic rings. The Hall–Kier alpha value is -1.66. The van der Waals surface area contributed by atoms with Gasteiger partial charge < -0.3 is 20.3 Å². The Morgan fingerprint density at radius 2 is 2.19 bits per heavy atom. The van der Waals surface area contributed by atoms with E-state index < -0.39 is 0 Å². The summed E-state index contributed by atoms with van der Waals surface area (Å²) in [6.45, 7) is 6.34. The summed E-state index contributed by atoms with van der Waals surface area (Å²) in [7, 11) is 3.46. The molecule has 1 aromatic heterocycles. The van der Waals surface area contributed by atoms with Gasteiger partial charge >= 0.3 is 0 Å². The van der Waals surface area contributed by atoms with Gasteiger partial charge in [0.15, 0.2) is 0 Å². The van der Waals surface area contributed by atoms with Crippen LogP contribution in [0.1, 0.15) is 19.4 Å². The maximum absolute atomic E-state index is 11.7. The molecule has 1 heterocycles. The van der Waals surface area contributed by atoms with Crippen molar-refractivity contribution in [3.63, 3.8) is 0 Å². The Morgan fingerprint density at radius 3 is 2.76 bits per heavy atom. The van der Waals surface area contributed by atoms with Gasteiger partial charge in [-0.15, -0.1) is 0 Å². The van der Waals surface area contributed by atoms with Crippen LogP contribution in [-0.2, 0) is 16.1 Å². The van der Waals surface area contributed by atoms with Crippen LogP contribution >= 0.6 is 0 Å². The maximum atomic E-state index is 11.7. The van der Waals surface area contributed by atoms with Crippen molar-refractivity contribution in [2.24, 2.45) is 0 Å². The minimum Gasteiger partial charge on any atom is -0.383 e. The smallest absolute Gasteiger partial charge is 0.239 e. The Balaban J connectivity index is 2.43. The molecule has 21 heavy (non-hydrogen) atoms. The van der Waals surface area contributed by atoms with Crippen molar-refractivity contribution in [2.75, 3.05) is 38.8 Å². The van der Waals surface area contributed by atoms with Crippen LogP contribution in [0.4, 0.5) is 5.82 Å². The van der Waals surface area contributed by atoms with E-state index in [1.807, 2.05) is 30.3 Å². The molecule has 0 aliphatic heterocycles. The lowest BCUT2D eigenvalue weighted by Crippen LogP contribution is -2.37. The Bertz CT molecular complexity index is 420. The van der Waals surface area contributed by atoms with Crippen molar-refractivity contribution in [2.45, 2.75) is 26.4 Å². The van der Waals surface area contributed by atoms with E-state index in [0.717, 1.165) is 17.9 Å². The van der Waals surface area contributed by atoms with E-state index in [2.05, 4.69) is 29.5 Å². The van der Waals surface area contributed by atoms with Crippen molar-refractivity contribution >= 4 is 11.7 Å². The van der Waals surface area contributed by atoms with Crippen LogP contribution in [0.25, 0.3) is 0 Å². The molecule has 0 bridgehead atoms. The third kappa shape index (κ3) is 7.06. The molecule has 0 fully saturated rings. The van der Waals surface area contributed by atoms with Crippen molar-refractivity contribution in [1.82, 2.24) is 15.6 Å². The highest BCUT2D eigenvalue weighted by atomic mass is 16.5. The minimum absolute atomic E-state index is 0.0399. The highest BCUT2D eigenvalue weighted by Gasteiger charge is 2.08. The number of hydrogen-bond acceptors (Lipinski definition) is 5. The summed E-state index contributed by atoms with van der Waals surface area (Å²) in [6, 6.07) is 4.40. The fourth-order valence-corrected chi connectivity index (χ4v) is 1.71. The van der Waals surface area contributed by atoms with Crippen molar-refractivity contribution < 1.29 is 9.53 Å². The van der Waals surface area contributed by atoms with Crippen molar-refractivity contribution in [1.29, 1.82) is 0 Å². The van der Waals surface area contributed by atoms with E-state index in [1.54, 1.807) is 7.11 Å². The predicted octanol–water partition coefficient (Wildman–Crippen LogP) is 0.778. The van der Waals surface area contributed by atoms with Crippen molar-refractivity contribution in [3.05, 3.63) is 23.9 Å². The summed E-state index contributed by atoms with van der Waals surface area (Å²) in [5, 5.41) is 6.13. The van der Waals surface area contributed by atoms with Gasteiger partial charge in [-0.2, -0.15) is 0 Å².